The van der Waals surface area contributed by atoms with Crippen LogP contribution in [-0.2, 0) is 9.53 Å². The van der Waals surface area contributed by atoms with Gasteiger partial charge in [0.1, 0.15) is 11.3 Å². The Morgan fingerprint density at radius 3 is 2.90 bits per heavy atom. The molecule has 1 saturated heterocycles. The number of hydrogen-bond donors (Lipinski definition) is 0. The number of rotatable bonds is 3. The van der Waals surface area contributed by atoms with Crippen LogP contribution in [0, 0.1) is 0 Å². The van der Waals surface area contributed by atoms with E-state index in [4.69, 9.17) is 9.47 Å². The van der Waals surface area contributed by atoms with Crippen molar-refractivity contribution in [3.05, 3.63) is 36.5 Å². The van der Waals surface area contributed by atoms with E-state index in [1.54, 1.807) is 11.1 Å². The van der Waals surface area contributed by atoms with Crippen molar-refractivity contribution in [2.45, 2.75) is 0 Å². The summed E-state index contributed by atoms with van der Waals surface area (Å²) in [6.45, 7) is 2.50. The fourth-order valence-corrected chi connectivity index (χ4v) is 2.24. The third-order valence-electron chi connectivity index (χ3n) is 3.31. The predicted molar refractivity (Wildman–Crippen MR) is 74.6 cm³/mol. The van der Waals surface area contributed by atoms with Gasteiger partial charge in [-0.2, -0.15) is 0 Å². The van der Waals surface area contributed by atoms with Crippen molar-refractivity contribution in [3.63, 3.8) is 0 Å². The molecule has 0 N–H and O–H groups in total. The minimum atomic E-state index is -0.0127. The molecule has 0 unspecified atom stereocenters. The Labute approximate surface area is 117 Å². The first kappa shape index (κ1) is 12.9. The molecule has 1 aromatic heterocycles. The van der Waals surface area contributed by atoms with Gasteiger partial charge in [-0.3, -0.25) is 9.78 Å². The molecular formula is C15H16N2O3. The summed E-state index contributed by atoms with van der Waals surface area (Å²) in [6, 6.07) is 9.56. The number of ether oxygens (including phenoxy) is 2. The van der Waals surface area contributed by atoms with Gasteiger partial charge in [0.05, 0.1) is 13.2 Å². The maximum atomic E-state index is 12.0. The monoisotopic (exact) mass is 272 g/mol. The van der Waals surface area contributed by atoms with E-state index in [2.05, 4.69) is 4.98 Å². The summed E-state index contributed by atoms with van der Waals surface area (Å²) in [5.74, 6) is 0.631. The molecule has 104 valence electrons. The number of benzene rings is 1. The molecule has 20 heavy (non-hydrogen) atoms. The van der Waals surface area contributed by atoms with Crippen LogP contribution in [0.1, 0.15) is 0 Å². The zero-order valence-corrected chi connectivity index (χ0v) is 11.1. The van der Waals surface area contributed by atoms with E-state index in [0.717, 1.165) is 10.9 Å². The lowest BCUT2D eigenvalue weighted by Gasteiger charge is -2.26. The highest BCUT2D eigenvalue weighted by Gasteiger charge is 2.17. The molecule has 2 heterocycles. The van der Waals surface area contributed by atoms with Gasteiger partial charge in [0, 0.05) is 24.7 Å². The Kier molecular flexibility index (Phi) is 3.78. The molecule has 0 spiro atoms. The second-order valence-corrected chi connectivity index (χ2v) is 4.61. The minimum absolute atomic E-state index is 0.0127. The van der Waals surface area contributed by atoms with Crippen LogP contribution in [0.2, 0.25) is 0 Å². The second kappa shape index (κ2) is 5.88. The lowest BCUT2D eigenvalue weighted by atomic mass is 10.2. The fourth-order valence-electron chi connectivity index (χ4n) is 2.24. The number of carbonyl (C=O) groups is 1. The van der Waals surface area contributed by atoms with Crippen molar-refractivity contribution >= 4 is 16.8 Å². The Hall–Kier alpha value is -2.14. The number of carbonyl (C=O) groups excluding carboxylic acids is 1. The van der Waals surface area contributed by atoms with Gasteiger partial charge in [-0.15, -0.1) is 0 Å². The van der Waals surface area contributed by atoms with Gasteiger partial charge in [-0.1, -0.05) is 18.2 Å². The third kappa shape index (κ3) is 2.72. The normalized spacial score (nSPS) is 15.3. The van der Waals surface area contributed by atoms with E-state index in [9.17, 15) is 4.79 Å². The Balaban J connectivity index is 1.69. The first-order valence-corrected chi connectivity index (χ1v) is 6.67. The third-order valence-corrected chi connectivity index (χ3v) is 3.31. The zero-order valence-electron chi connectivity index (χ0n) is 11.1. The Bertz CT molecular complexity index is 604. The van der Waals surface area contributed by atoms with E-state index >= 15 is 0 Å². The maximum Gasteiger partial charge on any atom is 0.260 e. The molecular weight excluding hydrogens is 256 g/mol. The van der Waals surface area contributed by atoms with Crippen LogP contribution in [0.3, 0.4) is 0 Å². The van der Waals surface area contributed by atoms with E-state index in [-0.39, 0.29) is 12.5 Å². The first-order valence-electron chi connectivity index (χ1n) is 6.67. The molecule has 0 saturated carbocycles. The van der Waals surface area contributed by atoms with Gasteiger partial charge in [0.2, 0.25) is 0 Å². The van der Waals surface area contributed by atoms with Crippen LogP contribution in [0.5, 0.6) is 5.75 Å². The van der Waals surface area contributed by atoms with Crippen LogP contribution in [0.25, 0.3) is 10.9 Å². The Morgan fingerprint density at radius 1 is 1.25 bits per heavy atom. The van der Waals surface area contributed by atoms with Gasteiger partial charge in [-0.25, -0.2) is 0 Å². The van der Waals surface area contributed by atoms with E-state index < -0.39 is 0 Å². The van der Waals surface area contributed by atoms with Crippen LogP contribution in [0.4, 0.5) is 0 Å². The van der Waals surface area contributed by atoms with E-state index in [0.29, 0.717) is 32.1 Å². The molecule has 0 aliphatic carbocycles. The SMILES string of the molecule is O=C(COc1cccc2cccnc12)N1CCOCC1. The highest BCUT2D eigenvalue weighted by Crippen LogP contribution is 2.22. The summed E-state index contributed by atoms with van der Waals surface area (Å²) >= 11 is 0. The number of para-hydroxylation sites is 1. The molecule has 0 radical (unpaired) electrons. The van der Waals surface area contributed by atoms with Gasteiger partial charge in [-0.05, 0) is 12.1 Å². The number of aromatic nitrogens is 1. The standard InChI is InChI=1S/C15H16N2O3/c18-14(17-7-9-19-10-8-17)11-20-13-5-1-3-12-4-2-6-16-15(12)13/h1-6H,7-11H2. The molecule has 1 aliphatic heterocycles. The predicted octanol–water partition coefficient (Wildman–Crippen LogP) is 1.47. The van der Waals surface area contributed by atoms with Gasteiger partial charge >= 0.3 is 0 Å². The van der Waals surface area contributed by atoms with Crippen molar-refractivity contribution in [3.8, 4) is 5.75 Å². The van der Waals surface area contributed by atoms with Gasteiger partial charge < -0.3 is 14.4 Å². The summed E-state index contributed by atoms with van der Waals surface area (Å²) < 4.78 is 10.9. The summed E-state index contributed by atoms with van der Waals surface area (Å²) in [5.41, 5.74) is 0.782. The van der Waals surface area contributed by atoms with Gasteiger partial charge in [0.15, 0.2) is 6.61 Å². The number of amides is 1. The van der Waals surface area contributed by atoms with Crippen LogP contribution in [0.15, 0.2) is 36.5 Å². The summed E-state index contributed by atoms with van der Waals surface area (Å²) in [5, 5.41) is 1.00. The number of morpholine rings is 1. The largest absolute Gasteiger partial charge is 0.481 e. The van der Waals surface area contributed by atoms with E-state index in [1.807, 2.05) is 30.3 Å². The first-order chi connectivity index (χ1) is 9.84. The smallest absolute Gasteiger partial charge is 0.260 e. The number of fused-ring (bicyclic) bond motifs is 1. The molecule has 0 bridgehead atoms. The second-order valence-electron chi connectivity index (χ2n) is 4.61. The van der Waals surface area contributed by atoms with Gasteiger partial charge in [0.25, 0.3) is 5.91 Å². The topological polar surface area (TPSA) is 51.7 Å². The van der Waals surface area contributed by atoms with Crippen LogP contribution in [-0.4, -0.2) is 48.7 Å². The van der Waals surface area contributed by atoms with Crippen molar-refractivity contribution < 1.29 is 14.3 Å². The number of nitrogens with zero attached hydrogens (tertiary/aromatic N) is 2. The van der Waals surface area contributed by atoms with E-state index in [1.165, 1.54) is 0 Å². The quantitative estimate of drug-likeness (QED) is 0.849. The molecule has 1 aliphatic rings. The van der Waals surface area contributed by atoms with Crippen LogP contribution < -0.4 is 4.74 Å². The molecule has 3 rings (SSSR count). The van der Waals surface area contributed by atoms with Crippen LogP contribution >= 0.6 is 0 Å². The molecule has 0 atom stereocenters. The lowest BCUT2D eigenvalue weighted by molar-refractivity contribution is -0.137. The highest BCUT2D eigenvalue weighted by atomic mass is 16.5. The van der Waals surface area contributed by atoms with Crippen molar-refractivity contribution in [2.24, 2.45) is 0 Å². The number of pyridine rings is 1. The molecule has 5 nitrogen and oxygen atoms in total. The fraction of sp³-hybridized carbons (Fsp3) is 0.333. The molecule has 1 aromatic carbocycles. The average Bonchev–Trinajstić information content (AvgIpc) is 2.53. The summed E-state index contributed by atoms with van der Waals surface area (Å²) in [7, 11) is 0. The zero-order chi connectivity index (χ0) is 13.8. The molecule has 1 amide bonds. The molecule has 2 aromatic rings. The molecule has 5 heteroatoms. The lowest BCUT2D eigenvalue weighted by Crippen LogP contribution is -2.42. The van der Waals surface area contributed by atoms with Crippen molar-refractivity contribution in [1.29, 1.82) is 0 Å². The Morgan fingerprint density at radius 2 is 2.05 bits per heavy atom. The maximum absolute atomic E-state index is 12.0. The highest BCUT2D eigenvalue weighted by molar-refractivity contribution is 5.85. The summed E-state index contributed by atoms with van der Waals surface area (Å²) in [4.78, 5) is 18.1. The molecule has 1 fully saturated rings. The van der Waals surface area contributed by atoms with Crippen molar-refractivity contribution in [2.75, 3.05) is 32.9 Å². The minimum Gasteiger partial charge on any atom is -0.481 e. The summed E-state index contributed by atoms with van der Waals surface area (Å²) in [6.07, 6.45) is 1.72. The number of hydrogen-bond acceptors (Lipinski definition) is 4. The van der Waals surface area contributed by atoms with Crippen molar-refractivity contribution in [1.82, 2.24) is 9.88 Å². The average molecular weight is 272 g/mol.